The lowest BCUT2D eigenvalue weighted by molar-refractivity contribution is 0.0766. The van der Waals surface area contributed by atoms with Crippen molar-refractivity contribution >= 4 is 0 Å². The molecule has 1 aliphatic carbocycles. The Bertz CT molecular complexity index is 365. The summed E-state index contributed by atoms with van der Waals surface area (Å²) in [4.78, 5) is 4.53. The van der Waals surface area contributed by atoms with E-state index < -0.39 is 0 Å². The first-order valence-corrected chi connectivity index (χ1v) is 7.06. The summed E-state index contributed by atoms with van der Waals surface area (Å²) < 4.78 is 5.55. The van der Waals surface area contributed by atoms with Crippen LogP contribution in [0.2, 0.25) is 0 Å². The Labute approximate surface area is 110 Å². The lowest BCUT2D eigenvalue weighted by atomic mass is 9.92. The summed E-state index contributed by atoms with van der Waals surface area (Å²) in [5, 5.41) is 3.61. The third-order valence-corrected chi connectivity index (χ3v) is 3.36. The average molecular weight is 248 g/mol. The Balaban J connectivity index is 1.77. The highest BCUT2D eigenvalue weighted by Crippen LogP contribution is 2.27. The SMILES string of the molecule is CC(C)OCCCNC1CCCc2cccnc21. The van der Waals surface area contributed by atoms with E-state index in [0.717, 1.165) is 19.6 Å². The molecular weight excluding hydrogens is 224 g/mol. The standard InChI is InChI=1S/C15H24N2O/c1-12(2)18-11-5-10-16-14-8-3-6-13-7-4-9-17-15(13)14/h4,7,9,12,14,16H,3,5-6,8,10-11H2,1-2H3. The molecule has 3 heteroatoms. The van der Waals surface area contributed by atoms with Gasteiger partial charge in [0.2, 0.25) is 0 Å². The summed E-state index contributed by atoms with van der Waals surface area (Å²) in [5.41, 5.74) is 2.67. The first kappa shape index (κ1) is 13.5. The van der Waals surface area contributed by atoms with Gasteiger partial charge in [-0.05, 0) is 57.7 Å². The zero-order chi connectivity index (χ0) is 12.8. The number of aromatic nitrogens is 1. The number of hydrogen-bond acceptors (Lipinski definition) is 3. The van der Waals surface area contributed by atoms with Crippen molar-refractivity contribution in [3.8, 4) is 0 Å². The van der Waals surface area contributed by atoms with Crippen LogP contribution in [0, 0.1) is 0 Å². The van der Waals surface area contributed by atoms with Gasteiger partial charge >= 0.3 is 0 Å². The van der Waals surface area contributed by atoms with Crippen molar-refractivity contribution in [3.63, 3.8) is 0 Å². The van der Waals surface area contributed by atoms with Crippen molar-refractivity contribution in [2.45, 2.75) is 51.7 Å². The van der Waals surface area contributed by atoms with Crippen molar-refractivity contribution in [3.05, 3.63) is 29.6 Å². The molecule has 1 unspecified atom stereocenters. The molecular formula is C15H24N2O. The van der Waals surface area contributed by atoms with Gasteiger partial charge in [-0.25, -0.2) is 0 Å². The highest BCUT2D eigenvalue weighted by atomic mass is 16.5. The number of ether oxygens (including phenoxy) is 1. The Morgan fingerprint density at radius 3 is 3.22 bits per heavy atom. The van der Waals surface area contributed by atoms with Gasteiger partial charge in [0, 0.05) is 18.8 Å². The van der Waals surface area contributed by atoms with Crippen LogP contribution in [0.25, 0.3) is 0 Å². The van der Waals surface area contributed by atoms with E-state index in [0.29, 0.717) is 12.1 Å². The zero-order valence-corrected chi connectivity index (χ0v) is 11.5. The predicted octanol–water partition coefficient (Wildman–Crippen LogP) is 2.86. The quantitative estimate of drug-likeness (QED) is 0.786. The van der Waals surface area contributed by atoms with Gasteiger partial charge in [0.1, 0.15) is 0 Å². The fraction of sp³-hybridized carbons (Fsp3) is 0.667. The fourth-order valence-corrected chi connectivity index (χ4v) is 2.48. The molecule has 1 aromatic rings. The van der Waals surface area contributed by atoms with Gasteiger partial charge in [0.05, 0.1) is 11.8 Å². The van der Waals surface area contributed by atoms with Crippen molar-refractivity contribution < 1.29 is 4.74 Å². The smallest absolute Gasteiger partial charge is 0.0605 e. The Hall–Kier alpha value is -0.930. The number of aryl methyl sites for hydroxylation is 1. The van der Waals surface area contributed by atoms with E-state index in [1.807, 2.05) is 12.3 Å². The molecule has 18 heavy (non-hydrogen) atoms. The van der Waals surface area contributed by atoms with Crippen molar-refractivity contribution in [2.24, 2.45) is 0 Å². The van der Waals surface area contributed by atoms with Crippen molar-refractivity contribution in [1.29, 1.82) is 0 Å². The molecule has 2 rings (SSSR count). The summed E-state index contributed by atoms with van der Waals surface area (Å²) >= 11 is 0. The van der Waals surface area contributed by atoms with Crippen LogP contribution < -0.4 is 5.32 Å². The van der Waals surface area contributed by atoms with Crippen LogP contribution in [0.3, 0.4) is 0 Å². The molecule has 1 heterocycles. The molecule has 0 aromatic carbocycles. The molecule has 0 amide bonds. The van der Waals surface area contributed by atoms with E-state index in [1.165, 1.54) is 30.5 Å². The second-order valence-corrected chi connectivity index (χ2v) is 5.22. The first-order chi connectivity index (χ1) is 8.77. The van der Waals surface area contributed by atoms with Gasteiger partial charge in [0.15, 0.2) is 0 Å². The predicted molar refractivity (Wildman–Crippen MR) is 73.6 cm³/mol. The van der Waals surface area contributed by atoms with E-state index >= 15 is 0 Å². The van der Waals surface area contributed by atoms with Gasteiger partial charge in [-0.1, -0.05) is 6.07 Å². The molecule has 0 bridgehead atoms. The van der Waals surface area contributed by atoms with Gasteiger partial charge < -0.3 is 10.1 Å². The third-order valence-electron chi connectivity index (χ3n) is 3.36. The molecule has 1 aliphatic rings. The van der Waals surface area contributed by atoms with Crippen LogP contribution in [-0.2, 0) is 11.2 Å². The monoisotopic (exact) mass is 248 g/mol. The second-order valence-electron chi connectivity index (χ2n) is 5.22. The highest BCUT2D eigenvalue weighted by molar-refractivity contribution is 5.25. The molecule has 0 aliphatic heterocycles. The largest absolute Gasteiger partial charge is 0.379 e. The highest BCUT2D eigenvalue weighted by Gasteiger charge is 2.20. The maximum absolute atomic E-state index is 5.55. The van der Waals surface area contributed by atoms with Crippen LogP contribution in [0.15, 0.2) is 18.3 Å². The normalized spacial score (nSPS) is 18.9. The lowest BCUT2D eigenvalue weighted by Crippen LogP contribution is -2.27. The maximum atomic E-state index is 5.55. The lowest BCUT2D eigenvalue weighted by Gasteiger charge is -2.25. The number of pyridine rings is 1. The van der Waals surface area contributed by atoms with Crippen LogP contribution in [0.4, 0.5) is 0 Å². The Morgan fingerprint density at radius 2 is 2.39 bits per heavy atom. The molecule has 1 atom stereocenters. The van der Waals surface area contributed by atoms with Crippen LogP contribution in [0.1, 0.15) is 50.4 Å². The molecule has 1 N–H and O–H groups in total. The minimum atomic E-state index is 0.335. The number of rotatable bonds is 6. The van der Waals surface area contributed by atoms with Gasteiger partial charge in [-0.15, -0.1) is 0 Å². The summed E-state index contributed by atoms with van der Waals surface area (Å²) in [6.45, 7) is 6.00. The minimum Gasteiger partial charge on any atom is -0.379 e. The molecule has 3 nitrogen and oxygen atoms in total. The molecule has 0 fully saturated rings. The van der Waals surface area contributed by atoms with Crippen LogP contribution in [0.5, 0.6) is 0 Å². The van der Waals surface area contributed by atoms with Gasteiger partial charge in [-0.2, -0.15) is 0 Å². The number of hydrogen-bond donors (Lipinski definition) is 1. The van der Waals surface area contributed by atoms with Crippen molar-refractivity contribution in [1.82, 2.24) is 10.3 Å². The first-order valence-electron chi connectivity index (χ1n) is 7.06. The number of nitrogens with one attached hydrogen (secondary N) is 1. The van der Waals surface area contributed by atoms with E-state index in [-0.39, 0.29) is 0 Å². The Kier molecular flexibility index (Phi) is 5.14. The minimum absolute atomic E-state index is 0.335. The summed E-state index contributed by atoms with van der Waals surface area (Å²) in [5.74, 6) is 0. The van der Waals surface area contributed by atoms with E-state index in [4.69, 9.17) is 4.74 Å². The number of nitrogens with zero attached hydrogens (tertiary/aromatic N) is 1. The molecule has 0 spiro atoms. The van der Waals surface area contributed by atoms with Gasteiger partial charge in [0.25, 0.3) is 0 Å². The van der Waals surface area contributed by atoms with Crippen LogP contribution in [-0.4, -0.2) is 24.2 Å². The van der Waals surface area contributed by atoms with Crippen LogP contribution >= 0.6 is 0 Å². The van der Waals surface area contributed by atoms with E-state index in [1.54, 1.807) is 0 Å². The molecule has 1 aromatic heterocycles. The average Bonchev–Trinajstić information content (AvgIpc) is 2.38. The molecule has 0 saturated carbocycles. The van der Waals surface area contributed by atoms with E-state index in [2.05, 4.69) is 30.2 Å². The summed E-state index contributed by atoms with van der Waals surface area (Å²) in [7, 11) is 0. The summed E-state index contributed by atoms with van der Waals surface area (Å²) in [6.07, 6.45) is 6.95. The molecule has 0 saturated heterocycles. The topological polar surface area (TPSA) is 34.1 Å². The zero-order valence-electron chi connectivity index (χ0n) is 11.5. The molecule has 0 radical (unpaired) electrons. The third kappa shape index (κ3) is 3.79. The summed E-state index contributed by atoms with van der Waals surface area (Å²) in [6, 6.07) is 4.68. The maximum Gasteiger partial charge on any atom is 0.0605 e. The second kappa shape index (κ2) is 6.86. The van der Waals surface area contributed by atoms with Gasteiger partial charge in [-0.3, -0.25) is 4.98 Å². The number of fused-ring (bicyclic) bond motifs is 1. The van der Waals surface area contributed by atoms with Crippen molar-refractivity contribution in [2.75, 3.05) is 13.2 Å². The Morgan fingerprint density at radius 1 is 1.50 bits per heavy atom. The molecule has 100 valence electrons. The fourth-order valence-electron chi connectivity index (χ4n) is 2.48. The van der Waals surface area contributed by atoms with E-state index in [9.17, 15) is 0 Å².